The summed E-state index contributed by atoms with van der Waals surface area (Å²) in [5, 5.41) is 4.45. The van der Waals surface area contributed by atoms with Crippen LogP contribution in [0.15, 0.2) is 59.3 Å². The van der Waals surface area contributed by atoms with Crippen LogP contribution in [-0.2, 0) is 26.0 Å². The molecule has 3 aromatic rings. The summed E-state index contributed by atoms with van der Waals surface area (Å²) in [6.45, 7) is 0.125. The number of benzene rings is 1. The van der Waals surface area contributed by atoms with E-state index in [4.69, 9.17) is 9.47 Å². The van der Waals surface area contributed by atoms with Crippen LogP contribution in [0, 0.1) is 11.2 Å². The minimum atomic E-state index is -3.91. The molecule has 1 aromatic carbocycles. The predicted octanol–water partition coefficient (Wildman–Crippen LogP) is 2.61. The summed E-state index contributed by atoms with van der Waals surface area (Å²) in [7, 11) is -1.17. The first-order valence-corrected chi connectivity index (χ1v) is 12.3. The molecule has 9 nitrogen and oxygen atoms in total. The van der Waals surface area contributed by atoms with Crippen molar-refractivity contribution in [2.45, 2.75) is 17.7 Å². The van der Waals surface area contributed by atoms with Gasteiger partial charge in [-0.25, -0.2) is 22.5 Å². The molecule has 5 rings (SSSR count). The highest BCUT2D eigenvalue weighted by Gasteiger charge is 2.51. The zero-order valence-electron chi connectivity index (χ0n) is 19.1. The number of piperidine rings is 1. The van der Waals surface area contributed by atoms with Crippen LogP contribution in [0.25, 0.3) is 11.8 Å². The number of aromatic nitrogens is 3. The lowest BCUT2D eigenvalue weighted by molar-refractivity contribution is -0.151. The molecule has 1 aliphatic carbocycles. The van der Waals surface area contributed by atoms with E-state index in [0.717, 1.165) is 16.8 Å². The lowest BCUT2D eigenvalue weighted by Crippen LogP contribution is -2.53. The highest BCUT2D eigenvalue weighted by atomic mass is 32.2. The van der Waals surface area contributed by atoms with E-state index in [0.29, 0.717) is 18.0 Å². The van der Waals surface area contributed by atoms with Gasteiger partial charge < -0.3 is 9.47 Å². The SMILES string of the molecule is COC(=O)C12Cc3cnn(-c4ccc(F)cc4)c3C=C1CCN(S(=O)(=O)c1ccc(OC)nc1)C2. The second-order valence-corrected chi connectivity index (χ2v) is 10.4. The number of ether oxygens (including phenoxy) is 2. The van der Waals surface area contributed by atoms with Gasteiger partial charge in [0.1, 0.15) is 16.1 Å². The van der Waals surface area contributed by atoms with Crippen molar-refractivity contribution >= 4 is 22.1 Å². The molecular weight excluding hydrogens is 475 g/mol. The van der Waals surface area contributed by atoms with E-state index < -0.39 is 21.4 Å². The van der Waals surface area contributed by atoms with Crippen LogP contribution in [-0.4, -0.2) is 60.8 Å². The van der Waals surface area contributed by atoms with Gasteiger partial charge in [-0.1, -0.05) is 0 Å². The Labute approximate surface area is 201 Å². The third-order valence-electron chi connectivity index (χ3n) is 6.58. The molecule has 2 aliphatic rings. The van der Waals surface area contributed by atoms with Crippen molar-refractivity contribution in [3.63, 3.8) is 0 Å². The van der Waals surface area contributed by atoms with Crippen LogP contribution in [0.4, 0.5) is 4.39 Å². The molecule has 1 saturated heterocycles. The summed E-state index contributed by atoms with van der Waals surface area (Å²) in [5.41, 5.74) is 1.83. The highest BCUT2D eigenvalue weighted by Crippen LogP contribution is 2.46. The van der Waals surface area contributed by atoms with Gasteiger partial charge in [0.05, 0.1) is 38.0 Å². The fraction of sp³-hybridized carbons (Fsp3) is 0.292. The van der Waals surface area contributed by atoms with E-state index in [1.165, 1.54) is 49.0 Å². The standard InChI is InChI=1S/C24H23FN4O5S/c1-33-22-8-7-20(14-26-22)35(31,32)28-10-9-17-11-21-16(12-24(17,15-28)23(30)34-2)13-27-29(21)19-5-3-18(25)4-6-19/h3-8,11,13-14H,9-10,12,15H2,1-2H3. The van der Waals surface area contributed by atoms with Gasteiger partial charge in [-0.15, -0.1) is 0 Å². The van der Waals surface area contributed by atoms with Gasteiger partial charge in [0.15, 0.2) is 0 Å². The maximum atomic E-state index is 13.4. The molecular formula is C24H23FN4O5S. The second-order valence-electron chi connectivity index (χ2n) is 8.49. The fourth-order valence-corrected chi connectivity index (χ4v) is 6.21. The maximum Gasteiger partial charge on any atom is 0.317 e. The Morgan fingerprint density at radius 1 is 1.11 bits per heavy atom. The molecule has 0 spiro atoms. The van der Waals surface area contributed by atoms with Gasteiger partial charge >= 0.3 is 5.97 Å². The molecule has 1 atom stereocenters. The van der Waals surface area contributed by atoms with E-state index in [-0.39, 0.29) is 30.2 Å². The maximum absolute atomic E-state index is 13.4. The lowest BCUT2D eigenvalue weighted by Gasteiger charge is -2.43. The third-order valence-corrected chi connectivity index (χ3v) is 8.41. The Bertz CT molecular complexity index is 1420. The van der Waals surface area contributed by atoms with Crippen molar-refractivity contribution in [2.24, 2.45) is 5.41 Å². The molecule has 1 aliphatic heterocycles. The topological polar surface area (TPSA) is 104 Å². The molecule has 35 heavy (non-hydrogen) atoms. The number of halogens is 1. The van der Waals surface area contributed by atoms with Gasteiger partial charge in [-0.05, 0) is 60.4 Å². The fourth-order valence-electron chi connectivity index (χ4n) is 4.76. The van der Waals surface area contributed by atoms with Crippen molar-refractivity contribution in [3.05, 3.63) is 71.4 Å². The number of pyridine rings is 1. The normalized spacial score (nSPS) is 19.9. The summed E-state index contributed by atoms with van der Waals surface area (Å²) < 4.78 is 53.4. The second kappa shape index (κ2) is 8.58. The Balaban J connectivity index is 1.52. The molecule has 0 radical (unpaired) electrons. The average Bonchev–Trinajstić information content (AvgIpc) is 3.29. The number of hydrogen-bond acceptors (Lipinski definition) is 7. The summed E-state index contributed by atoms with van der Waals surface area (Å²) in [4.78, 5) is 17.2. The van der Waals surface area contributed by atoms with Crippen molar-refractivity contribution in [1.82, 2.24) is 19.1 Å². The molecule has 0 amide bonds. The molecule has 11 heteroatoms. The number of sulfonamides is 1. The minimum absolute atomic E-state index is 0.0198. The van der Waals surface area contributed by atoms with Crippen LogP contribution in [0.3, 0.4) is 0 Å². The smallest absolute Gasteiger partial charge is 0.317 e. The van der Waals surface area contributed by atoms with Crippen LogP contribution in [0.5, 0.6) is 5.88 Å². The molecule has 0 bridgehead atoms. The third kappa shape index (κ3) is 3.80. The van der Waals surface area contributed by atoms with Gasteiger partial charge in [-0.3, -0.25) is 4.79 Å². The van der Waals surface area contributed by atoms with Crippen LogP contribution >= 0.6 is 0 Å². The van der Waals surface area contributed by atoms with E-state index in [1.54, 1.807) is 23.0 Å². The van der Waals surface area contributed by atoms with E-state index in [2.05, 4.69) is 10.1 Å². The zero-order chi connectivity index (χ0) is 24.8. The molecule has 0 N–H and O–H groups in total. The molecule has 1 fully saturated rings. The number of fused-ring (bicyclic) bond motifs is 2. The van der Waals surface area contributed by atoms with Crippen molar-refractivity contribution < 1.29 is 27.1 Å². The Kier molecular flexibility index (Phi) is 5.68. The quantitative estimate of drug-likeness (QED) is 0.498. The van der Waals surface area contributed by atoms with Gasteiger partial charge in [0, 0.05) is 19.2 Å². The Hall–Kier alpha value is -3.57. The van der Waals surface area contributed by atoms with E-state index >= 15 is 0 Å². The van der Waals surface area contributed by atoms with Crippen LogP contribution < -0.4 is 4.74 Å². The number of methoxy groups -OCH3 is 2. The number of carbonyl (C=O) groups excluding carboxylic acids is 1. The first kappa shape index (κ1) is 23.2. The van der Waals surface area contributed by atoms with E-state index in [9.17, 15) is 17.6 Å². The van der Waals surface area contributed by atoms with Crippen LogP contribution in [0.2, 0.25) is 0 Å². The lowest BCUT2D eigenvalue weighted by atomic mass is 9.69. The number of rotatable bonds is 5. The molecule has 0 saturated carbocycles. The predicted molar refractivity (Wildman–Crippen MR) is 124 cm³/mol. The van der Waals surface area contributed by atoms with Crippen molar-refractivity contribution in [1.29, 1.82) is 0 Å². The summed E-state index contributed by atoms with van der Waals surface area (Å²) in [5.74, 6) is -0.549. The van der Waals surface area contributed by atoms with Gasteiger partial charge in [0.2, 0.25) is 15.9 Å². The first-order chi connectivity index (χ1) is 16.8. The van der Waals surface area contributed by atoms with Gasteiger partial charge in [-0.2, -0.15) is 9.40 Å². The minimum Gasteiger partial charge on any atom is -0.481 e. The van der Waals surface area contributed by atoms with Crippen LogP contribution in [0.1, 0.15) is 17.7 Å². The average molecular weight is 499 g/mol. The van der Waals surface area contributed by atoms with Crippen molar-refractivity contribution in [2.75, 3.05) is 27.3 Å². The Morgan fingerprint density at radius 2 is 1.89 bits per heavy atom. The highest BCUT2D eigenvalue weighted by molar-refractivity contribution is 7.89. The largest absolute Gasteiger partial charge is 0.481 e. The van der Waals surface area contributed by atoms with Crippen molar-refractivity contribution in [3.8, 4) is 11.6 Å². The van der Waals surface area contributed by atoms with E-state index in [1.807, 2.05) is 6.08 Å². The summed E-state index contributed by atoms with van der Waals surface area (Å²) >= 11 is 0. The first-order valence-electron chi connectivity index (χ1n) is 10.9. The number of nitrogens with zero attached hydrogens (tertiary/aromatic N) is 4. The number of carbonyl (C=O) groups is 1. The molecule has 3 heterocycles. The molecule has 1 unspecified atom stereocenters. The monoisotopic (exact) mass is 498 g/mol. The summed E-state index contributed by atoms with van der Waals surface area (Å²) in [6, 6.07) is 8.88. The number of esters is 1. The molecule has 2 aromatic heterocycles. The summed E-state index contributed by atoms with van der Waals surface area (Å²) in [6.07, 6.45) is 5.35. The zero-order valence-corrected chi connectivity index (χ0v) is 20.0. The number of hydrogen-bond donors (Lipinski definition) is 0. The van der Waals surface area contributed by atoms with Gasteiger partial charge in [0.25, 0.3) is 0 Å². The molecule has 182 valence electrons. The Morgan fingerprint density at radius 3 is 2.54 bits per heavy atom.